The third-order valence-corrected chi connectivity index (χ3v) is 5.03. The number of amides is 1. The number of aromatic amines is 1. The summed E-state index contributed by atoms with van der Waals surface area (Å²) in [5, 5.41) is 14.1. The fraction of sp³-hybridized carbons (Fsp3) is 0.227. The van der Waals surface area contributed by atoms with Crippen LogP contribution in [0.2, 0.25) is 0 Å². The number of fused-ring (bicyclic) bond motifs is 1. The molecule has 0 aliphatic rings. The van der Waals surface area contributed by atoms with Crippen LogP contribution in [-0.4, -0.2) is 44.6 Å². The average Bonchev–Trinajstić information content (AvgIpc) is 3.22. The Labute approximate surface area is 187 Å². The fourth-order valence-electron chi connectivity index (χ4n) is 3.44. The number of carbonyl (C=O) groups is 1. The van der Waals surface area contributed by atoms with Crippen molar-refractivity contribution in [3.05, 3.63) is 65.7 Å². The van der Waals surface area contributed by atoms with Crippen molar-refractivity contribution in [2.75, 3.05) is 18.9 Å². The lowest BCUT2D eigenvalue weighted by Crippen LogP contribution is -2.18. The summed E-state index contributed by atoms with van der Waals surface area (Å²) in [5.74, 6) is 0.756. The normalized spacial score (nSPS) is 11.6. The van der Waals surface area contributed by atoms with Gasteiger partial charge < -0.3 is 10.6 Å². The van der Waals surface area contributed by atoms with Crippen LogP contribution in [0.25, 0.3) is 22.3 Å². The summed E-state index contributed by atoms with van der Waals surface area (Å²) in [4.78, 5) is 25.4. The van der Waals surface area contributed by atoms with E-state index in [0.717, 1.165) is 39.4 Å². The number of nitrogens with zero attached hydrogens (tertiary/aromatic N) is 4. The van der Waals surface area contributed by atoms with Gasteiger partial charge in [0.2, 0.25) is 0 Å². The van der Waals surface area contributed by atoms with Crippen molar-refractivity contribution in [3.8, 4) is 11.4 Å². The van der Waals surface area contributed by atoms with Gasteiger partial charge in [-0.3, -0.25) is 14.9 Å². The van der Waals surface area contributed by atoms with E-state index in [1.807, 2.05) is 37.3 Å². The van der Waals surface area contributed by atoms with Crippen LogP contribution in [0.15, 0.2) is 48.9 Å². The highest BCUT2D eigenvalue weighted by Gasteiger charge is 2.15. The molecule has 9 heteroatoms. The number of anilines is 1. The van der Waals surface area contributed by atoms with Crippen LogP contribution in [0.4, 0.5) is 5.82 Å². The third-order valence-electron chi connectivity index (χ3n) is 5.03. The second-order valence-electron chi connectivity index (χ2n) is 7.19. The number of nitrogens with one attached hydrogen (secondary N) is 3. The van der Waals surface area contributed by atoms with Crippen LogP contribution in [0.5, 0.6) is 0 Å². The number of para-hydroxylation sites is 1. The van der Waals surface area contributed by atoms with E-state index in [1.54, 1.807) is 19.3 Å². The van der Waals surface area contributed by atoms with Crippen LogP contribution in [0.3, 0.4) is 0 Å². The van der Waals surface area contributed by atoms with Crippen LogP contribution in [0, 0.1) is 6.92 Å². The van der Waals surface area contributed by atoms with Crippen LogP contribution >= 0.6 is 13.5 Å². The van der Waals surface area contributed by atoms with Gasteiger partial charge in [-0.25, -0.2) is 9.97 Å². The predicted molar refractivity (Wildman–Crippen MR) is 127 cm³/mol. The highest BCUT2D eigenvalue weighted by molar-refractivity contribution is 7.59. The summed E-state index contributed by atoms with van der Waals surface area (Å²) in [7, 11) is 1.63. The molecule has 0 saturated carbocycles. The van der Waals surface area contributed by atoms with E-state index in [1.165, 1.54) is 6.33 Å². The van der Waals surface area contributed by atoms with Crippen molar-refractivity contribution in [3.63, 3.8) is 0 Å². The van der Waals surface area contributed by atoms with Crippen molar-refractivity contribution in [2.45, 2.75) is 19.8 Å². The molecule has 1 aromatic carbocycles. The number of aromatic nitrogens is 5. The summed E-state index contributed by atoms with van der Waals surface area (Å²) in [6, 6.07) is 11.5. The Hall–Kier alpha value is -3.46. The van der Waals surface area contributed by atoms with E-state index >= 15 is 0 Å². The Morgan fingerprint density at radius 1 is 1.13 bits per heavy atom. The van der Waals surface area contributed by atoms with Gasteiger partial charge in [-0.2, -0.15) is 18.6 Å². The molecule has 4 aromatic rings. The molecule has 160 valence electrons. The topological polar surface area (TPSA) is 108 Å². The van der Waals surface area contributed by atoms with Crippen LogP contribution < -0.4 is 10.6 Å². The number of rotatable bonds is 6. The third kappa shape index (κ3) is 4.66. The molecule has 0 fully saturated rings. The molecule has 0 radical (unpaired) electrons. The van der Waals surface area contributed by atoms with Gasteiger partial charge in [0.1, 0.15) is 17.8 Å². The number of carbonyl (C=O) groups excluding carboxylic acids is 1. The molecule has 0 spiro atoms. The van der Waals surface area contributed by atoms with Gasteiger partial charge in [-0.15, -0.1) is 0 Å². The first-order valence-electron chi connectivity index (χ1n) is 9.75. The summed E-state index contributed by atoms with van der Waals surface area (Å²) >= 11 is 0. The molecule has 3 aromatic heterocycles. The largest absolute Gasteiger partial charge is 0.369 e. The van der Waals surface area contributed by atoms with Gasteiger partial charge in [0, 0.05) is 42.9 Å². The van der Waals surface area contributed by atoms with Crippen molar-refractivity contribution in [2.24, 2.45) is 0 Å². The molecule has 3 heterocycles. The summed E-state index contributed by atoms with van der Waals surface area (Å²) in [6.45, 7) is 4.72. The molecular weight excluding hydrogens is 410 g/mol. The van der Waals surface area contributed by atoms with E-state index in [2.05, 4.69) is 42.7 Å². The van der Waals surface area contributed by atoms with E-state index in [0.29, 0.717) is 12.1 Å². The molecule has 3 N–H and O–H groups in total. The highest BCUT2D eigenvalue weighted by Crippen LogP contribution is 2.27. The molecule has 0 aliphatic carbocycles. The summed E-state index contributed by atoms with van der Waals surface area (Å²) in [6.07, 6.45) is 3.21. The standard InChI is InChI=1S/C22H23N7O.H2S/c1-13(11-25-20-10-18(26-12-27-20)19-9-14(2)28-29-19)15-5-4-6-16-17(22(30)23-3)7-8-24-21(15)16;/h4-10,12-13H,11H2,1-3H3,(H,23,30)(H,28,29)(H,25,26,27);1H2/t13-;/m1./s1. The summed E-state index contributed by atoms with van der Waals surface area (Å²) in [5.41, 5.74) is 5.05. The van der Waals surface area contributed by atoms with E-state index in [-0.39, 0.29) is 25.3 Å². The Bertz CT molecular complexity index is 1210. The van der Waals surface area contributed by atoms with Gasteiger partial charge in [0.25, 0.3) is 5.91 Å². The zero-order chi connectivity index (χ0) is 21.1. The lowest BCUT2D eigenvalue weighted by molar-refractivity contribution is 0.0964. The fourth-order valence-corrected chi connectivity index (χ4v) is 3.44. The molecule has 1 amide bonds. The smallest absolute Gasteiger partial charge is 0.251 e. The lowest BCUT2D eigenvalue weighted by atomic mass is 9.96. The Balaban J connectivity index is 0.00000272. The monoisotopic (exact) mass is 435 g/mol. The van der Waals surface area contributed by atoms with Crippen LogP contribution in [0.1, 0.15) is 34.5 Å². The number of pyridine rings is 1. The minimum Gasteiger partial charge on any atom is -0.369 e. The molecule has 4 rings (SSSR count). The maximum atomic E-state index is 12.2. The number of H-pyrrole nitrogens is 1. The molecule has 0 saturated heterocycles. The number of aryl methyl sites for hydroxylation is 1. The van der Waals surface area contributed by atoms with Gasteiger partial charge in [-0.1, -0.05) is 25.1 Å². The Kier molecular flexibility index (Phi) is 6.86. The quantitative estimate of drug-likeness (QED) is 0.428. The second-order valence-corrected chi connectivity index (χ2v) is 7.19. The first kappa shape index (κ1) is 22.2. The number of hydrogen-bond acceptors (Lipinski definition) is 6. The van der Waals surface area contributed by atoms with Gasteiger partial charge in [0.05, 0.1) is 16.8 Å². The van der Waals surface area contributed by atoms with Crippen molar-refractivity contribution >= 4 is 36.1 Å². The zero-order valence-corrected chi connectivity index (χ0v) is 18.6. The number of hydrogen-bond donors (Lipinski definition) is 3. The van der Waals surface area contributed by atoms with Gasteiger partial charge in [0.15, 0.2) is 0 Å². The highest BCUT2D eigenvalue weighted by atomic mass is 32.1. The minimum atomic E-state index is -0.118. The Morgan fingerprint density at radius 3 is 2.71 bits per heavy atom. The second kappa shape index (κ2) is 9.57. The zero-order valence-electron chi connectivity index (χ0n) is 17.6. The van der Waals surface area contributed by atoms with Crippen molar-refractivity contribution in [1.29, 1.82) is 0 Å². The average molecular weight is 436 g/mol. The molecular formula is C22H25N7OS. The molecule has 8 nitrogen and oxygen atoms in total. The molecule has 0 bridgehead atoms. The molecule has 31 heavy (non-hydrogen) atoms. The maximum absolute atomic E-state index is 12.2. The molecule has 1 atom stereocenters. The number of benzene rings is 1. The lowest BCUT2D eigenvalue weighted by Gasteiger charge is -2.16. The summed E-state index contributed by atoms with van der Waals surface area (Å²) < 4.78 is 0. The van der Waals surface area contributed by atoms with Crippen LogP contribution in [-0.2, 0) is 0 Å². The van der Waals surface area contributed by atoms with Gasteiger partial charge >= 0.3 is 0 Å². The van der Waals surface area contributed by atoms with E-state index in [9.17, 15) is 4.79 Å². The van der Waals surface area contributed by atoms with Crippen molar-refractivity contribution < 1.29 is 4.79 Å². The first-order chi connectivity index (χ1) is 14.6. The van der Waals surface area contributed by atoms with Crippen molar-refractivity contribution in [1.82, 2.24) is 30.5 Å². The first-order valence-corrected chi connectivity index (χ1v) is 9.75. The molecule has 0 aliphatic heterocycles. The predicted octanol–water partition coefficient (Wildman–Crippen LogP) is 3.41. The van der Waals surface area contributed by atoms with E-state index < -0.39 is 0 Å². The SMILES string of the molecule is CNC(=O)c1ccnc2c([C@H](C)CNc3cc(-c4cc(C)[nH]n4)ncn3)cccc12.S. The Morgan fingerprint density at radius 2 is 1.97 bits per heavy atom. The molecule has 0 unspecified atom stereocenters. The maximum Gasteiger partial charge on any atom is 0.251 e. The minimum absolute atomic E-state index is 0. The van der Waals surface area contributed by atoms with Gasteiger partial charge in [-0.05, 0) is 24.6 Å². The van der Waals surface area contributed by atoms with E-state index in [4.69, 9.17) is 0 Å².